The summed E-state index contributed by atoms with van der Waals surface area (Å²) in [5.74, 6) is 0. The van der Waals surface area contributed by atoms with Crippen molar-refractivity contribution in [3.8, 4) is 0 Å². The van der Waals surface area contributed by atoms with E-state index in [1.165, 1.54) is 10.4 Å². The van der Waals surface area contributed by atoms with Crippen LogP contribution in [0.5, 0.6) is 0 Å². The van der Waals surface area contributed by atoms with E-state index in [1.807, 2.05) is 0 Å². The minimum absolute atomic E-state index is 1.10. The first-order valence-electron chi connectivity index (χ1n) is 5.15. The van der Waals surface area contributed by atoms with Crippen LogP contribution in [-0.4, -0.2) is 8.07 Å². The highest BCUT2D eigenvalue weighted by atomic mass is 28.3. The first kappa shape index (κ1) is 9.47. The molecule has 0 radical (unpaired) electrons. The maximum Gasteiger partial charge on any atom is 0.136 e. The summed E-state index contributed by atoms with van der Waals surface area (Å²) in [6, 6.07) is 0. The molecule has 0 aliphatic heterocycles. The Morgan fingerprint density at radius 2 is 1.64 bits per heavy atom. The largest absolute Gasteiger partial charge is 0.136 e. The van der Waals surface area contributed by atoms with Crippen LogP contribution in [0.25, 0.3) is 0 Å². The van der Waals surface area contributed by atoms with Crippen molar-refractivity contribution in [2.45, 2.75) is 19.4 Å². The molecule has 14 heavy (non-hydrogen) atoms. The van der Waals surface area contributed by atoms with Crippen LogP contribution in [0.3, 0.4) is 0 Å². The van der Waals surface area contributed by atoms with Gasteiger partial charge in [-0.15, -0.1) is 6.58 Å². The Kier molecular flexibility index (Phi) is 2.42. The van der Waals surface area contributed by atoms with Crippen molar-refractivity contribution in [3.63, 3.8) is 0 Å². The molecule has 2 rings (SSSR count). The lowest BCUT2D eigenvalue weighted by atomic mass is 10.5. The molecule has 0 saturated heterocycles. The molecule has 0 unspecified atom stereocenters. The molecule has 0 atom stereocenters. The molecule has 2 aliphatic carbocycles. The third kappa shape index (κ3) is 1.38. The zero-order valence-electron chi connectivity index (χ0n) is 8.66. The van der Waals surface area contributed by atoms with Crippen molar-refractivity contribution in [1.82, 2.24) is 0 Å². The predicted molar refractivity (Wildman–Crippen MR) is 65.5 cm³/mol. The zero-order chi connectivity index (χ0) is 10.0. The summed E-state index contributed by atoms with van der Waals surface area (Å²) in [7, 11) is -1.54. The summed E-state index contributed by atoms with van der Waals surface area (Å²) in [6.45, 7) is 6.41. The van der Waals surface area contributed by atoms with Crippen molar-refractivity contribution in [1.29, 1.82) is 0 Å². The summed E-state index contributed by atoms with van der Waals surface area (Å²) in [5, 5.41) is 3.04. The number of allylic oxidation sites excluding steroid dienone is 8. The van der Waals surface area contributed by atoms with E-state index in [-0.39, 0.29) is 0 Å². The van der Waals surface area contributed by atoms with Crippen molar-refractivity contribution in [2.24, 2.45) is 0 Å². The van der Waals surface area contributed by atoms with Crippen LogP contribution in [-0.2, 0) is 0 Å². The topological polar surface area (TPSA) is 0 Å². The lowest BCUT2D eigenvalue weighted by Gasteiger charge is -2.24. The Morgan fingerprint density at radius 3 is 1.93 bits per heavy atom. The van der Waals surface area contributed by atoms with E-state index in [4.69, 9.17) is 0 Å². The summed E-state index contributed by atoms with van der Waals surface area (Å²) < 4.78 is 0. The molecule has 0 N–H and O–H groups in total. The predicted octanol–water partition coefficient (Wildman–Crippen LogP) is 3.64. The van der Waals surface area contributed by atoms with Gasteiger partial charge in [-0.3, -0.25) is 0 Å². The summed E-state index contributed by atoms with van der Waals surface area (Å²) in [6.07, 6.45) is 15.9. The van der Waals surface area contributed by atoms with Crippen LogP contribution in [0.1, 0.15) is 12.8 Å². The monoisotopic (exact) mass is 200 g/mol. The molecule has 0 aromatic heterocycles. The molecule has 0 saturated carbocycles. The van der Waals surface area contributed by atoms with Crippen molar-refractivity contribution in [2.75, 3.05) is 0 Å². The van der Waals surface area contributed by atoms with Crippen LogP contribution >= 0.6 is 0 Å². The van der Waals surface area contributed by atoms with E-state index >= 15 is 0 Å². The Balaban J connectivity index is 2.38. The van der Waals surface area contributed by atoms with E-state index in [0.717, 1.165) is 12.8 Å². The smallest absolute Gasteiger partial charge is 0.106 e. The van der Waals surface area contributed by atoms with Gasteiger partial charge in [0.2, 0.25) is 0 Å². The fraction of sp³-hybridized carbons (Fsp3) is 0.231. The highest BCUT2D eigenvalue weighted by Crippen LogP contribution is 2.31. The molecule has 0 heterocycles. The Bertz CT molecular complexity index is 337. The number of rotatable bonds is 3. The van der Waals surface area contributed by atoms with Gasteiger partial charge in [0.05, 0.1) is 0 Å². The molecular formula is C13H16Si. The van der Waals surface area contributed by atoms with Gasteiger partial charge in [-0.1, -0.05) is 59.1 Å². The highest BCUT2D eigenvalue weighted by molar-refractivity contribution is 6.96. The lowest BCUT2D eigenvalue weighted by molar-refractivity contribution is 1.44. The molecule has 72 valence electrons. The van der Waals surface area contributed by atoms with Crippen LogP contribution < -0.4 is 0 Å². The van der Waals surface area contributed by atoms with Crippen molar-refractivity contribution >= 4 is 8.07 Å². The first-order valence-corrected chi connectivity index (χ1v) is 7.73. The third-order valence-corrected chi connectivity index (χ3v) is 7.11. The third-order valence-electron chi connectivity index (χ3n) is 3.15. The van der Waals surface area contributed by atoms with Gasteiger partial charge in [-0.25, -0.2) is 0 Å². The van der Waals surface area contributed by atoms with Crippen LogP contribution in [0, 0.1) is 0 Å². The van der Waals surface area contributed by atoms with E-state index in [1.54, 1.807) is 0 Å². The molecule has 0 bridgehead atoms. The number of hydrogen-bond acceptors (Lipinski definition) is 0. The van der Waals surface area contributed by atoms with Gasteiger partial charge in [-0.05, 0) is 12.8 Å². The zero-order valence-corrected chi connectivity index (χ0v) is 9.66. The molecule has 0 amide bonds. The standard InChI is InChI=1S/C13H16Si/c1-3-14(2,12-8-4-5-9-12)13-10-6-7-11-13/h3-4,6,8-11H,1,5,7H2,2H3. The molecule has 0 nitrogen and oxygen atoms in total. The second kappa shape index (κ2) is 3.58. The van der Waals surface area contributed by atoms with Gasteiger partial charge in [0, 0.05) is 0 Å². The Hall–Kier alpha value is -1.08. The van der Waals surface area contributed by atoms with Crippen LogP contribution in [0.2, 0.25) is 6.55 Å². The maximum absolute atomic E-state index is 4.03. The van der Waals surface area contributed by atoms with Gasteiger partial charge in [0.25, 0.3) is 0 Å². The van der Waals surface area contributed by atoms with Gasteiger partial charge in [-0.2, -0.15) is 0 Å². The fourth-order valence-electron chi connectivity index (χ4n) is 2.09. The maximum atomic E-state index is 4.03. The molecular weight excluding hydrogens is 184 g/mol. The molecule has 1 heteroatoms. The average Bonchev–Trinajstić information content (AvgIpc) is 2.88. The van der Waals surface area contributed by atoms with Gasteiger partial charge >= 0.3 is 0 Å². The SMILES string of the molecule is C=C[Si](C)(C1=CCC=C1)C1=CCC=C1. The van der Waals surface area contributed by atoms with E-state index in [2.05, 4.69) is 55.3 Å². The molecule has 2 aliphatic rings. The highest BCUT2D eigenvalue weighted by Gasteiger charge is 2.31. The van der Waals surface area contributed by atoms with E-state index < -0.39 is 8.07 Å². The Morgan fingerprint density at radius 1 is 1.14 bits per heavy atom. The van der Waals surface area contributed by atoms with Crippen molar-refractivity contribution in [3.05, 3.63) is 59.1 Å². The second-order valence-electron chi connectivity index (χ2n) is 4.00. The van der Waals surface area contributed by atoms with Crippen molar-refractivity contribution < 1.29 is 0 Å². The second-order valence-corrected chi connectivity index (χ2v) is 7.97. The minimum atomic E-state index is -1.54. The van der Waals surface area contributed by atoms with Crippen LogP contribution in [0.4, 0.5) is 0 Å². The Labute approximate surface area is 87.0 Å². The molecule has 0 aromatic carbocycles. The van der Waals surface area contributed by atoms with Gasteiger partial charge in [0.15, 0.2) is 0 Å². The van der Waals surface area contributed by atoms with Gasteiger partial charge in [0.1, 0.15) is 8.07 Å². The average molecular weight is 200 g/mol. The minimum Gasteiger partial charge on any atom is -0.106 e. The van der Waals surface area contributed by atoms with E-state index in [9.17, 15) is 0 Å². The quantitative estimate of drug-likeness (QED) is 0.610. The van der Waals surface area contributed by atoms with E-state index in [0.29, 0.717) is 0 Å². The summed E-state index contributed by atoms with van der Waals surface area (Å²) >= 11 is 0. The van der Waals surface area contributed by atoms with Gasteiger partial charge < -0.3 is 0 Å². The summed E-state index contributed by atoms with van der Waals surface area (Å²) in [5.41, 5.74) is 2.19. The summed E-state index contributed by atoms with van der Waals surface area (Å²) in [4.78, 5) is 0. The molecule has 0 spiro atoms. The molecule has 0 aromatic rings. The normalized spacial score (nSPS) is 19.8. The molecule has 0 fully saturated rings. The fourth-order valence-corrected chi connectivity index (χ4v) is 4.91. The lowest BCUT2D eigenvalue weighted by Crippen LogP contribution is -2.32. The first-order chi connectivity index (χ1) is 6.77. The number of hydrogen-bond donors (Lipinski definition) is 0. The van der Waals surface area contributed by atoms with Crippen LogP contribution in [0.15, 0.2) is 59.1 Å².